The second kappa shape index (κ2) is 5.15. The van der Waals surface area contributed by atoms with Gasteiger partial charge in [0, 0.05) is 26.2 Å². The minimum absolute atomic E-state index is 0.00954. The quantitative estimate of drug-likeness (QED) is 0.804. The molecule has 7 heteroatoms. The molecular weight excluding hydrogens is 269 g/mol. The SMILES string of the molecule is CS(=O)(=O)N1CCN(c2cccc(F)c2C#N)CC1. The van der Waals surface area contributed by atoms with E-state index < -0.39 is 15.8 Å². The van der Waals surface area contributed by atoms with Gasteiger partial charge in [-0.1, -0.05) is 6.07 Å². The molecule has 19 heavy (non-hydrogen) atoms. The van der Waals surface area contributed by atoms with Crippen LogP contribution in [0.4, 0.5) is 10.1 Å². The monoisotopic (exact) mass is 283 g/mol. The van der Waals surface area contributed by atoms with Crippen molar-refractivity contribution in [2.45, 2.75) is 0 Å². The Balaban J connectivity index is 2.19. The van der Waals surface area contributed by atoms with Crippen molar-refractivity contribution in [2.75, 3.05) is 37.3 Å². The molecule has 102 valence electrons. The van der Waals surface area contributed by atoms with Crippen molar-refractivity contribution < 1.29 is 12.8 Å². The molecule has 0 spiro atoms. The maximum Gasteiger partial charge on any atom is 0.211 e. The summed E-state index contributed by atoms with van der Waals surface area (Å²) in [6.07, 6.45) is 1.17. The van der Waals surface area contributed by atoms with Crippen molar-refractivity contribution in [1.29, 1.82) is 5.26 Å². The van der Waals surface area contributed by atoms with Crippen molar-refractivity contribution in [1.82, 2.24) is 4.31 Å². The van der Waals surface area contributed by atoms with Gasteiger partial charge in [0.2, 0.25) is 10.0 Å². The Morgan fingerprint density at radius 2 is 1.89 bits per heavy atom. The van der Waals surface area contributed by atoms with Crippen LogP contribution in [-0.4, -0.2) is 45.2 Å². The lowest BCUT2D eigenvalue weighted by molar-refractivity contribution is 0.388. The summed E-state index contributed by atoms with van der Waals surface area (Å²) >= 11 is 0. The van der Waals surface area contributed by atoms with Gasteiger partial charge in [0.05, 0.1) is 11.9 Å². The van der Waals surface area contributed by atoms with E-state index >= 15 is 0 Å². The molecule has 1 aliphatic heterocycles. The lowest BCUT2D eigenvalue weighted by atomic mass is 10.1. The molecule has 0 unspecified atom stereocenters. The summed E-state index contributed by atoms with van der Waals surface area (Å²) < 4.78 is 37.7. The third-order valence-corrected chi connectivity index (χ3v) is 4.45. The van der Waals surface area contributed by atoms with Crippen LogP contribution in [-0.2, 0) is 10.0 Å². The van der Waals surface area contributed by atoms with Gasteiger partial charge in [-0.05, 0) is 12.1 Å². The molecule has 1 aliphatic rings. The number of benzene rings is 1. The molecule has 1 fully saturated rings. The molecule has 0 aliphatic carbocycles. The van der Waals surface area contributed by atoms with Crippen LogP contribution in [0.1, 0.15) is 5.56 Å². The van der Waals surface area contributed by atoms with Crippen LogP contribution >= 0.6 is 0 Å². The summed E-state index contributed by atoms with van der Waals surface area (Å²) in [5.74, 6) is -0.550. The molecule has 2 rings (SSSR count). The lowest BCUT2D eigenvalue weighted by Crippen LogP contribution is -2.48. The zero-order chi connectivity index (χ0) is 14.0. The normalized spacial score (nSPS) is 17.2. The zero-order valence-corrected chi connectivity index (χ0v) is 11.3. The van der Waals surface area contributed by atoms with E-state index in [0.717, 1.165) is 0 Å². The van der Waals surface area contributed by atoms with Crippen LogP contribution in [0.5, 0.6) is 0 Å². The van der Waals surface area contributed by atoms with Crippen LogP contribution in [0.15, 0.2) is 18.2 Å². The predicted molar refractivity (Wildman–Crippen MR) is 69.7 cm³/mol. The maximum atomic E-state index is 13.5. The minimum atomic E-state index is -3.19. The van der Waals surface area contributed by atoms with Gasteiger partial charge in [-0.25, -0.2) is 12.8 Å². The molecule has 0 N–H and O–H groups in total. The number of sulfonamides is 1. The van der Waals surface area contributed by atoms with Crippen LogP contribution in [0, 0.1) is 17.1 Å². The zero-order valence-electron chi connectivity index (χ0n) is 10.5. The molecule has 0 amide bonds. The Bertz CT molecular complexity index is 616. The van der Waals surface area contributed by atoms with E-state index in [1.54, 1.807) is 12.1 Å². The molecule has 1 aromatic rings. The van der Waals surface area contributed by atoms with Crippen molar-refractivity contribution in [3.8, 4) is 6.07 Å². The highest BCUT2D eigenvalue weighted by Gasteiger charge is 2.25. The molecule has 1 heterocycles. The lowest BCUT2D eigenvalue weighted by Gasteiger charge is -2.35. The molecule has 0 bridgehead atoms. The molecule has 0 aromatic heterocycles. The minimum Gasteiger partial charge on any atom is -0.368 e. The molecule has 0 atom stereocenters. The third kappa shape index (κ3) is 2.85. The maximum absolute atomic E-state index is 13.5. The topological polar surface area (TPSA) is 64.4 Å². The number of rotatable bonds is 2. The van der Waals surface area contributed by atoms with Gasteiger partial charge in [0.1, 0.15) is 17.4 Å². The van der Waals surface area contributed by atoms with Gasteiger partial charge in [-0.2, -0.15) is 9.57 Å². The number of nitrogens with zero attached hydrogens (tertiary/aromatic N) is 3. The summed E-state index contributed by atoms with van der Waals surface area (Å²) in [5.41, 5.74) is 0.533. The smallest absolute Gasteiger partial charge is 0.211 e. The van der Waals surface area contributed by atoms with E-state index in [2.05, 4.69) is 0 Å². The molecular formula is C12H14FN3O2S. The Morgan fingerprint density at radius 3 is 2.42 bits per heavy atom. The van der Waals surface area contributed by atoms with Crippen molar-refractivity contribution >= 4 is 15.7 Å². The Morgan fingerprint density at radius 1 is 1.26 bits per heavy atom. The van der Waals surface area contributed by atoms with Gasteiger partial charge in [-0.15, -0.1) is 0 Å². The van der Waals surface area contributed by atoms with E-state index in [4.69, 9.17) is 5.26 Å². The van der Waals surface area contributed by atoms with E-state index in [1.807, 2.05) is 11.0 Å². The van der Waals surface area contributed by atoms with Crippen LogP contribution in [0.25, 0.3) is 0 Å². The van der Waals surface area contributed by atoms with Crippen molar-refractivity contribution in [3.63, 3.8) is 0 Å². The predicted octanol–water partition coefficient (Wildman–Crippen LogP) is 0.779. The van der Waals surface area contributed by atoms with E-state index in [0.29, 0.717) is 31.9 Å². The fourth-order valence-corrected chi connectivity index (χ4v) is 2.97. The fourth-order valence-electron chi connectivity index (χ4n) is 2.15. The Hall–Kier alpha value is -1.65. The first kappa shape index (κ1) is 13.8. The van der Waals surface area contributed by atoms with Gasteiger partial charge in [0.25, 0.3) is 0 Å². The highest BCUT2D eigenvalue weighted by atomic mass is 32.2. The number of halogens is 1. The second-order valence-corrected chi connectivity index (χ2v) is 6.38. The van der Waals surface area contributed by atoms with Gasteiger partial charge in [-0.3, -0.25) is 0 Å². The fraction of sp³-hybridized carbons (Fsp3) is 0.417. The first-order valence-corrected chi connectivity index (χ1v) is 7.67. The Kier molecular flexibility index (Phi) is 3.73. The van der Waals surface area contributed by atoms with Crippen LogP contribution < -0.4 is 4.90 Å². The highest BCUT2D eigenvalue weighted by molar-refractivity contribution is 7.88. The molecule has 0 saturated carbocycles. The molecule has 5 nitrogen and oxygen atoms in total. The third-order valence-electron chi connectivity index (χ3n) is 3.15. The summed E-state index contributed by atoms with van der Waals surface area (Å²) in [6, 6.07) is 6.33. The van der Waals surface area contributed by atoms with E-state index in [-0.39, 0.29) is 5.56 Å². The van der Waals surface area contributed by atoms with Crippen LogP contribution in [0.3, 0.4) is 0 Å². The van der Waals surface area contributed by atoms with Crippen LogP contribution in [0.2, 0.25) is 0 Å². The number of hydrogen-bond donors (Lipinski definition) is 0. The van der Waals surface area contributed by atoms with Gasteiger partial charge >= 0.3 is 0 Å². The number of hydrogen-bond acceptors (Lipinski definition) is 4. The highest BCUT2D eigenvalue weighted by Crippen LogP contribution is 2.24. The number of nitriles is 1. The summed E-state index contributed by atoms with van der Waals surface area (Å²) in [4.78, 5) is 1.84. The standard InChI is InChI=1S/C12H14FN3O2S/c1-19(17,18)16-7-5-15(6-8-16)12-4-2-3-11(13)10(12)9-14/h2-4H,5-8H2,1H3. The molecule has 1 aromatic carbocycles. The molecule has 0 radical (unpaired) electrons. The van der Waals surface area contributed by atoms with Gasteiger partial charge in [0.15, 0.2) is 0 Å². The van der Waals surface area contributed by atoms with Gasteiger partial charge < -0.3 is 4.90 Å². The summed E-state index contributed by atoms with van der Waals surface area (Å²) in [6.45, 7) is 1.59. The second-order valence-electron chi connectivity index (χ2n) is 4.39. The summed E-state index contributed by atoms with van der Waals surface area (Å²) in [5, 5.41) is 8.99. The molecule has 1 saturated heterocycles. The summed E-state index contributed by atoms with van der Waals surface area (Å²) in [7, 11) is -3.19. The number of anilines is 1. The largest absolute Gasteiger partial charge is 0.368 e. The van der Waals surface area contributed by atoms with Crippen molar-refractivity contribution in [3.05, 3.63) is 29.6 Å². The average molecular weight is 283 g/mol. The first-order valence-electron chi connectivity index (χ1n) is 5.82. The van der Waals surface area contributed by atoms with E-state index in [9.17, 15) is 12.8 Å². The van der Waals surface area contributed by atoms with E-state index in [1.165, 1.54) is 16.6 Å². The average Bonchev–Trinajstić information content (AvgIpc) is 2.37. The first-order chi connectivity index (χ1) is 8.93. The van der Waals surface area contributed by atoms with Crippen molar-refractivity contribution in [2.24, 2.45) is 0 Å². The Labute approximate surface area is 111 Å². The number of piperazine rings is 1.